The van der Waals surface area contributed by atoms with Gasteiger partial charge in [0.05, 0.1) is 11.0 Å². The van der Waals surface area contributed by atoms with Crippen molar-refractivity contribution >= 4 is 38.9 Å². The van der Waals surface area contributed by atoms with Gasteiger partial charge in [-0.15, -0.1) is 0 Å². The second-order valence-electron chi connectivity index (χ2n) is 15.5. The van der Waals surface area contributed by atoms with Crippen molar-refractivity contribution in [1.82, 2.24) is 4.57 Å². The number of rotatable bonds is 6. The van der Waals surface area contributed by atoms with Gasteiger partial charge < -0.3 is 9.47 Å². The molecule has 0 unspecified atom stereocenters. The van der Waals surface area contributed by atoms with Gasteiger partial charge in [-0.2, -0.15) is 0 Å². The van der Waals surface area contributed by atoms with E-state index >= 15 is 0 Å². The lowest BCUT2D eigenvalue weighted by molar-refractivity contribution is 0.660. The maximum Gasteiger partial charge on any atom is 0.0541 e. The first-order chi connectivity index (χ1) is 26.9. The van der Waals surface area contributed by atoms with E-state index in [4.69, 9.17) is 0 Å². The van der Waals surface area contributed by atoms with E-state index in [0.29, 0.717) is 0 Å². The summed E-state index contributed by atoms with van der Waals surface area (Å²) in [6.45, 7) is 9.22. The van der Waals surface area contributed by atoms with Gasteiger partial charge in [-0.25, -0.2) is 0 Å². The zero-order valence-electron chi connectivity index (χ0n) is 31.7. The van der Waals surface area contributed by atoms with Crippen molar-refractivity contribution in [1.29, 1.82) is 0 Å². The van der Waals surface area contributed by atoms with Crippen LogP contribution in [0.5, 0.6) is 0 Å². The van der Waals surface area contributed by atoms with Crippen LogP contribution in [0.4, 0.5) is 17.1 Å². The van der Waals surface area contributed by atoms with Crippen molar-refractivity contribution in [2.75, 3.05) is 4.90 Å². The molecule has 0 N–H and O–H groups in total. The summed E-state index contributed by atoms with van der Waals surface area (Å²) >= 11 is 0. The van der Waals surface area contributed by atoms with Crippen LogP contribution in [0.25, 0.3) is 60.9 Å². The molecular formula is C53H42N2. The smallest absolute Gasteiger partial charge is 0.0541 e. The van der Waals surface area contributed by atoms with E-state index in [1.54, 1.807) is 0 Å². The average Bonchev–Trinajstić information content (AvgIpc) is 3.66. The molecule has 264 valence electrons. The summed E-state index contributed by atoms with van der Waals surface area (Å²) in [5.41, 5.74) is 19.9. The Morgan fingerprint density at radius 3 is 1.76 bits per heavy atom. The van der Waals surface area contributed by atoms with Crippen molar-refractivity contribution in [3.8, 4) is 39.1 Å². The van der Waals surface area contributed by atoms with Crippen LogP contribution in [0.15, 0.2) is 182 Å². The number of fused-ring (bicyclic) bond motifs is 6. The second kappa shape index (κ2) is 12.7. The van der Waals surface area contributed by atoms with Gasteiger partial charge in [-0.05, 0) is 136 Å². The first-order valence-electron chi connectivity index (χ1n) is 19.3. The molecule has 10 rings (SSSR count). The molecule has 0 aliphatic heterocycles. The third-order valence-corrected chi connectivity index (χ3v) is 11.8. The van der Waals surface area contributed by atoms with Crippen molar-refractivity contribution in [3.05, 3.63) is 204 Å². The summed E-state index contributed by atoms with van der Waals surface area (Å²) in [7, 11) is 0. The molecule has 0 saturated heterocycles. The van der Waals surface area contributed by atoms with E-state index in [1.807, 2.05) is 0 Å². The quantitative estimate of drug-likeness (QED) is 0.167. The Labute approximate surface area is 323 Å². The highest BCUT2D eigenvalue weighted by Crippen LogP contribution is 2.51. The number of aromatic nitrogens is 1. The number of aryl methyl sites for hydroxylation is 2. The monoisotopic (exact) mass is 706 g/mol. The molecule has 2 nitrogen and oxygen atoms in total. The molecule has 8 aromatic carbocycles. The topological polar surface area (TPSA) is 8.17 Å². The minimum atomic E-state index is -0.0457. The molecule has 9 aromatic rings. The minimum Gasteiger partial charge on any atom is -0.310 e. The van der Waals surface area contributed by atoms with Crippen LogP contribution in [0, 0.1) is 13.8 Å². The van der Waals surface area contributed by atoms with E-state index in [1.165, 1.54) is 83.1 Å². The van der Waals surface area contributed by atoms with Crippen molar-refractivity contribution in [2.45, 2.75) is 33.1 Å². The fourth-order valence-electron chi connectivity index (χ4n) is 9.24. The summed E-state index contributed by atoms with van der Waals surface area (Å²) in [4.78, 5) is 2.43. The predicted octanol–water partition coefficient (Wildman–Crippen LogP) is 14.5. The molecule has 0 saturated carbocycles. The van der Waals surface area contributed by atoms with Gasteiger partial charge in [0.25, 0.3) is 0 Å². The number of hydrogen-bond donors (Lipinski definition) is 0. The Morgan fingerprint density at radius 1 is 0.418 bits per heavy atom. The lowest BCUT2D eigenvalue weighted by Gasteiger charge is -2.28. The van der Waals surface area contributed by atoms with E-state index in [2.05, 4.69) is 219 Å². The highest BCUT2D eigenvalue weighted by atomic mass is 15.1. The van der Waals surface area contributed by atoms with Gasteiger partial charge >= 0.3 is 0 Å². The summed E-state index contributed by atoms with van der Waals surface area (Å²) in [6.07, 6.45) is 0. The molecule has 1 aliphatic rings. The van der Waals surface area contributed by atoms with Crippen LogP contribution in [0.3, 0.4) is 0 Å². The Morgan fingerprint density at radius 2 is 1.00 bits per heavy atom. The van der Waals surface area contributed by atoms with E-state index in [9.17, 15) is 0 Å². The Kier molecular flexibility index (Phi) is 7.64. The first kappa shape index (κ1) is 33.0. The normalized spacial score (nSPS) is 12.9. The number of para-hydroxylation sites is 2. The van der Waals surface area contributed by atoms with Crippen LogP contribution < -0.4 is 4.90 Å². The summed E-state index contributed by atoms with van der Waals surface area (Å²) in [5, 5.41) is 2.53. The SMILES string of the molecule is Cc1cc(N(c2ccc(-c3ccccc3)cc2)c2ccc3c(c2)-c2ccccc2C3(C)C)cc(C)c1-c1ccc2c(c1)c1ccccc1n2-c1ccccc1. The van der Waals surface area contributed by atoms with Gasteiger partial charge in [0, 0.05) is 38.9 Å². The Balaban J connectivity index is 1.12. The molecule has 55 heavy (non-hydrogen) atoms. The lowest BCUT2D eigenvalue weighted by Crippen LogP contribution is -2.15. The largest absolute Gasteiger partial charge is 0.310 e. The third kappa shape index (κ3) is 5.32. The second-order valence-corrected chi connectivity index (χ2v) is 15.5. The van der Waals surface area contributed by atoms with Gasteiger partial charge in [-0.3, -0.25) is 0 Å². The zero-order valence-corrected chi connectivity index (χ0v) is 31.7. The Hall–Kier alpha value is -6.64. The van der Waals surface area contributed by atoms with Gasteiger partial charge in [0.15, 0.2) is 0 Å². The Bertz CT molecular complexity index is 2870. The molecule has 0 amide bonds. The summed E-state index contributed by atoms with van der Waals surface area (Å²) in [6, 6.07) is 66.8. The molecule has 0 atom stereocenters. The van der Waals surface area contributed by atoms with Crippen molar-refractivity contribution in [3.63, 3.8) is 0 Å². The molecule has 1 aromatic heterocycles. The van der Waals surface area contributed by atoms with Crippen LogP contribution in [-0.2, 0) is 5.41 Å². The average molecular weight is 707 g/mol. The maximum atomic E-state index is 2.43. The van der Waals surface area contributed by atoms with Crippen LogP contribution in [0.2, 0.25) is 0 Å². The zero-order chi connectivity index (χ0) is 37.3. The number of anilines is 3. The standard InChI is InChI=1S/C53H42N2/c1-35-31-43(32-36(2)52(35)39-25-30-51-47(33-39)45-20-12-14-22-50(45)55(51)40-17-9-6-10-18-40)54(41-26-23-38(24-27-41)37-15-7-5-8-16-37)42-28-29-49-46(34-42)44-19-11-13-21-48(44)53(49,3)4/h5-34H,1-4H3. The van der Waals surface area contributed by atoms with E-state index in [-0.39, 0.29) is 5.41 Å². The molecule has 2 heteroatoms. The van der Waals surface area contributed by atoms with Crippen LogP contribution >= 0.6 is 0 Å². The molecule has 0 bridgehead atoms. The summed E-state index contributed by atoms with van der Waals surface area (Å²) < 4.78 is 2.38. The third-order valence-electron chi connectivity index (χ3n) is 11.8. The van der Waals surface area contributed by atoms with Crippen molar-refractivity contribution in [2.24, 2.45) is 0 Å². The highest BCUT2D eigenvalue weighted by Gasteiger charge is 2.35. The van der Waals surface area contributed by atoms with Gasteiger partial charge in [0.1, 0.15) is 0 Å². The number of hydrogen-bond acceptors (Lipinski definition) is 1. The van der Waals surface area contributed by atoms with Crippen LogP contribution in [0.1, 0.15) is 36.1 Å². The number of benzene rings is 8. The lowest BCUT2D eigenvalue weighted by atomic mass is 9.82. The molecule has 0 fully saturated rings. The van der Waals surface area contributed by atoms with Crippen molar-refractivity contribution < 1.29 is 0 Å². The number of nitrogens with zero attached hydrogens (tertiary/aromatic N) is 2. The molecule has 1 heterocycles. The highest BCUT2D eigenvalue weighted by molar-refractivity contribution is 6.10. The van der Waals surface area contributed by atoms with E-state index < -0.39 is 0 Å². The minimum absolute atomic E-state index is 0.0457. The molecular weight excluding hydrogens is 665 g/mol. The van der Waals surface area contributed by atoms with Crippen LogP contribution in [-0.4, -0.2) is 4.57 Å². The molecule has 1 aliphatic carbocycles. The maximum absolute atomic E-state index is 2.43. The van der Waals surface area contributed by atoms with E-state index in [0.717, 1.165) is 17.1 Å². The predicted molar refractivity (Wildman–Crippen MR) is 233 cm³/mol. The fraction of sp³-hybridized carbons (Fsp3) is 0.0943. The van der Waals surface area contributed by atoms with Gasteiger partial charge in [0.2, 0.25) is 0 Å². The summed E-state index contributed by atoms with van der Waals surface area (Å²) in [5.74, 6) is 0. The molecule has 0 radical (unpaired) electrons. The first-order valence-corrected chi connectivity index (χ1v) is 19.3. The fourth-order valence-corrected chi connectivity index (χ4v) is 9.24. The van der Waals surface area contributed by atoms with Gasteiger partial charge in [-0.1, -0.05) is 129 Å². The molecule has 0 spiro atoms.